The Morgan fingerprint density at radius 2 is 1.05 bits per heavy atom. The lowest BCUT2D eigenvalue weighted by molar-refractivity contribution is 0.0696. The number of benzene rings is 2. The van der Waals surface area contributed by atoms with Crippen LogP contribution in [0.15, 0.2) is 110 Å². The minimum absolute atomic E-state index is 0.111. The lowest BCUT2D eigenvalue weighted by Gasteiger charge is -2.28. The molecule has 0 amide bonds. The van der Waals surface area contributed by atoms with Gasteiger partial charge in [-0.3, -0.25) is 23.5 Å². The van der Waals surface area contributed by atoms with Crippen LogP contribution in [0.25, 0.3) is 22.5 Å². The average molecular weight is 1070 g/mol. The number of likely N-dealkylation sites (tertiary alicyclic amines) is 2. The molecule has 8 aromatic rings. The highest BCUT2D eigenvalue weighted by molar-refractivity contribution is 5.95. The van der Waals surface area contributed by atoms with E-state index in [2.05, 4.69) is 150 Å². The molecule has 0 aliphatic carbocycles. The van der Waals surface area contributed by atoms with Crippen molar-refractivity contribution < 1.29 is 14.7 Å². The van der Waals surface area contributed by atoms with E-state index < -0.39 is 5.97 Å². The predicted octanol–water partition coefficient (Wildman–Crippen LogP) is 9.88. The molecule has 0 spiro atoms. The summed E-state index contributed by atoms with van der Waals surface area (Å²) in [5.41, 5.74) is 16.6. The number of rotatable bonds is 14. The van der Waals surface area contributed by atoms with Crippen molar-refractivity contribution in [3.05, 3.63) is 144 Å². The van der Waals surface area contributed by atoms with Crippen LogP contribution in [0.3, 0.4) is 0 Å². The van der Waals surface area contributed by atoms with Crippen molar-refractivity contribution in [2.45, 2.75) is 124 Å². The summed E-state index contributed by atoms with van der Waals surface area (Å²) in [5, 5.41) is 32.6. The Balaban J connectivity index is 0.000000178. The van der Waals surface area contributed by atoms with Gasteiger partial charge in [-0.1, -0.05) is 24.3 Å². The van der Waals surface area contributed by atoms with Crippen LogP contribution in [-0.2, 0) is 24.0 Å². The zero-order chi connectivity index (χ0) is 56.4. The monoisotopic (exact) mass is 1070 g/mol. The van der Waals surface area contributed by atoms with Crippen molar-refractivity contribution in [3.8, 4) is 22.5 Å². The number of carboxylic acids is 1. The van der Waals surface area contributed by atoms with Crippen molar-refractivity contribution in [3.63, 3.8) is 0 Å². The Morgan fingerprint density at radius 3 is 1.46 bits per heavy atom. The van der Waals surface area contributed by atoms with Gasteiger partial charge in [-0.15, -0.1) is 0 Å². The van der Waals surface area contributed by atoms with Gasteiger partial charge in [-0.05, 0) is 174 Å². The smallest absolute Gasteiger partial charge is 0.338 e. The number of Topliss-reactive ketones (excluding diaryl/α,β-unsaturated/α-hetero) is 1. The van der Waals surface area contributed by atoms with Gasteiger partial charge in [0.1, 0.15) is 0 Å². The van der Waals surface area contributed by atoms with E-state index in [1.54, 1.807) is 23.3 Å². The molecule has 2 saturated heterocycles. The lowest BCUT2D eigenvalue weighted by Crippen LogP contribution is -2.31. The van der Waals surface area contributed by atoms with Gasteiger partial charge in [-0.25, -0.2) is 24.7 Å². The zero-order valence-corrected chi connectivity index (χ0v) is 47.4. The number of piperidine rings is 2. The summed E-state index contributed by atoms with van der Waals surface area (Å²) in [6.07, 6.45) is 23.3. The third-order valence-corrected chi connectivity index (χ3v) is 14.4. The van der Waals surface area contributed by atoms with Gasteiger partial charge in [0, 0.05) is 61.3 Å². The summed E-state index contributed by atoms with van der Waals surface area (Å²) >= 11 is 0. The minimum Gasteiger partial charge on any atom is -0.478 e. The number of aromatic carboxylic acids is 1. The molecule has 10 rings (SSSR count). The molecule has 6 aromatic heterocycles. The van der Waals surface area contributed by atoms with Gasteiger partial charge < -0.3 is 31.3 Å². The van der Waals surface area contributed by atoms with Crippen LogP contribution in [0, 0.1) is 13.8 Å². The van der Waals surface area contributed by atoms with Gasteiger partial charge in [0.25, 0.3) is 0 Å². The van der Waals surface area contributed by atoms with E-state index in [0.717, 1.165) is 102 Å². The largest absolute Gasteiger partial charge is 0.478 e. The van der Waals surface area contributed by atoms with E-state index in [-0.39, 0.29) is 22.4 Å². The fourth-order valence-corrected chi connectivity index (χ4v) is 9.39. The summed E-state index contributed by atoms with van der Waals surface area (Å²) in [6, 6.07) is 17.2. The highest BCUT2D eigenvalue weighted by Gasteiger charge is 2.22. The van der Waals surface area contributed by atoms with E-state index in [1.165, 1.54) is 18.0 Å². The van der Waals surface area contributed by atoms with Crippen LogP contribution in [0.1, 0.15) is 129 Å². The second kappa shape index (κ2) is 25.2. The topological polar surface area (TPSA) is 234 Å². The maximum Gasteiger partial charge on any atom is 0.338 e. The lowest BCUT2D eigenvalue weighted by atomic mass is 9.98. The van der Waals surface area contributed by atoms with E-state index >= 15 is 0 Å². The number of aromatic nitrogens is 12. The van der Waals surface area contributed by atoms with E-state index in [4.69, 9.17) is 15.8 Å². The maximum atomic E-state index is 12.8. The number of ketones is 1. The SMILES string of the molecule is CC(C)(C)n1cc(C(=O)O)cn1.Cc1cc(-c2ccnc(Nc3cnn(C4CCN(C)CC4)c3)n2)ccc1CCC(=O)c1cnn(C(C)(C)C)c1.Cc1cc(-c2ccnc(Nc3cnn(C4CCN(C)CC4)c3)n2)ccc1CN. The highest BCUT2D eigenvalue weighted by Crippen LogP contribution is 2.28. The first-order chi connectivity index (χ1) is 37.7. The van der Waals surface area contributed by atoms with Crippen molar-refractivity contribution in [1.29, 1.82) is 0 Å². The number of anilines is 4. The van der Waals surface area contributed by atoms with Crippen molar-refractivity contribution in [2.24, 2.45) is 5.73 Å². The molecule has 5 N–H and O–H groups in total. The number of hydrogen-bond donors (Lipinski definition) is 4. The second-order valence-corrected chi connectivity index (χ2v) is 22.7. The van der Waals surface area contributed by atoms with Crippen LogP contribution in [0.2, 0.25) is 0 Å². The quantitative estimate of drug-likeness (QED) is 0.0742. The molecule has 20 heteroatoms. The number of aryl methyl sites for hydroxylation is 3. The number of nitrogens with zero attached hydrogens (tertiary/aromatic N) is 14. The molecular formula is C59H77N17O3. The van der Waals surface area contributed by atoms with Crippen molar-refractivity contribution in [2.75, 3.05) is 50.9 Å². The number of nitrogens with one attached hydrogen (secondary N) is 2. The van der Waals surface area contributed by atoms with Gasteiger partial charge in [0.15, 0.2) is 5.78 Å². The van der Waals surface area contributed by atoms with Crippen molar-refractivity contribution >= 4 is 35.0 Å². The van der Waals surface area contributed by atoms with Gasteiger partial charge in [-0.2, -0.15) is 20.4 Å². The Labute approximate surface area is 463 Å². The molecule has 2 aliphatic rings. The molecule has 0 radical (unpaired) electrons. The highest BCUT2D eigenvalue weighted by atomic mass is 16.4. The Bertz CT molecular complexity index is 3310. The number of nitrogens with two attached hydrogens (primary N) is 1. The second-order valence-electron chi connectivity index (χ2n) is 22.7. The predicted molar refractivity (Wildman–Crippen MR) is 309 cm³/mol. The molecule has 0 bridgehead atoms. The molecule has 0 unspecified atom stereocenters. The average Bonchev–Trinajstić information content (AvgIpc) is 4.28. The molecule has 2 aromatic carbocycles. The third kappa shape index (κ3) is 15.4. The van der Waals surface area contributed by atoms with Gasteiger partial charge in [0.2, 0.25) is 11.9 Å². The molecule has 20 nitrogen and oxygen atoms in total. The molecule has 2 aliphatic heterocycles. The fraction of sp³-hybridized carbons (Fsp3) is 0.424. The number of carbonyl (C=O) groups excluding carboxylic acids is 1. The summed E-state index contributed by atoms with van der Waals surface area (Å²) < 4.78 is 7.60. The normalized spacial score (nSPS) is 14.7. The molecular weight excluding hydrogens is 995 g/mol. The first kappa shape index (κ1) is 57.2. The molecule has 0 atom stereocenters. The molecule has 8 heterocycles. The fourth-order valence-electron chi connectivity index (χ4n) is 9.39. The van der Waals surface area contributed by atoms with E-state index in [9.17, 15) is 9.59 Å². The molecule has 2 fully saturated rings. The zero-order valence-electron chi connectivity index (χ0n) is 47.4. The van der Waals surface area contributed by atoms with Crippen LogP contribution in [-0.4, -0.2) is 126 Å². The van der Waals surface area contributed by atoms with Gasteiger partial charge in [0.05, 0.1) is 81.8 Å². The van der Waals surface area contributed by atoms with E-state index in [0.29, 0.717) is 48.9 Å². The first-order valence-electron chi connectivity index (χ1n) is 27.1. The number of hydrogen-bond acceptors (Lipinski definition) is 15. The van der Waals surface area contributed by atoms with Gasteiger partial charge >= 0.3 is 5.97 Å². The standard InChI is InChI=1S/C30H38N8O.C21H27N7.C8H12N2O2/c1-21-16-23(7-6-22(21)8-9-28(39)24-17-33-38(19-24)30(2,3)4)27-10-13-31-29(35-27)34-25-18-32-37(20-25)26-11-14-36(5)15-12-26;1-15-11-16(3-4-17(15)12-22)20-5-8-23-21(26-20)25-18-13-24-28(14-18)19-6-9-27(2)10-7-19;1-8(2,3)10-5-6(4-9-10)7(11)12/h6-7,10,13,16-20,26H,8-9,11-12,14-15H2,1-5H3,(H,31,34,35);3-5,8,11,13-14,19H,6-7,9-10,12,22H2,1-2H3,(H,23,25,26);4-5H,1-3H3,(H,11,12). The number of carboxylic acid groups (broad SMARTS) is 1. The molecule has 0 saturated carbocycles. The summed E-state index contributed by atoms with van der Waals surface area (Å²) in [4.78, 5) is 46.2. The van der Waals surface area contributed by atoms with Crippen molar-refractivity contribution in [1.82, 2.24) is 68.9 Å². The first-order valence-corrected chi connectivity index (χ1v) is 27.1. The summed E-state index contributed by atoms with van der Waals surface area (Å²) in [5.74, 6) is 0.282. The maximum absolute atomic E-state index is 12.8. The Morgan fingerprint density at radius 1 is 0.608 bits per heavy atom. The molecule has 79 heavy (non-hydrogen) atoms. The summed E-state index contributed by atoms with van der Waals surface area (Å²) in [6.45, 7) is 21.2. The summed E-state index contributed by atoms with van der Waals surface area (Å²) in [7, 11) is 4.33. The Kier molecular flexibility index (Phi) is 18.3. The minimum atomic E-state index is -0.939. The Hall–Kier alpha value is -7.94. The molecule has 416 valence electrons. The van der Waals surface area contributed by atoms with Crippen LogP contribution < -0.4 is 16.4 Å². The van der Waals surface area contributed by atoms with E-state index in [1.807, 2.05) is 68.6 Å². The van der Waals surface area contributed by atoms with Crippen LogP contribution in [0.4, 0.5) is 23.3 Å². The van der Waals surface area contributed by atoms with Crippen LogP contribution >= 0.6 is 0 Å². The number of carbonyl (C=O) groups is 2. The third-order valence-electron chi connectivity index (χ3n) is 14.4. The van der Waals surface area contributed by atoms with Crippen LogP contribution in [0.5, 0.6) is 0 Å².